The van der Waals surface area contributed by atoms with Crippen LogP contribution in [0.25, 0.3) is 10.9 Å². The van der Waals surface area contributed by atoms with Crippen LogP contribution in [0.15, 0.2) is 65.7 Å². The van der Waals surface area contributed by atoms with Crippen molar-refractivity contribution in [1.82, 2.24) is 4.98 Å². The molecule has 0 saturated carbocycles. The first-order valence-corrected chi connectivity index (χ1v) is 7.94. The van der Waals surface area contributed by atoms with Gasteiger partial charge in [-0.05, 0) is 25.1 Å². The first kappa shape index (κ1) is 14.1. The van der Waals surface area contributed by atoms with E-state index in [1.165, 1.54) is 10.5 Å². The number of benzene rings is 2. The molecule has 21 heavy (non-hydrogen) atoms. The summed E-state index contributed by atoms with van der Waals surface area (Å²) in [6.07, 6.45) is 1.25. The molecule has 0 bridgehead atoms. The molecule has 0 fully saturated rings. The molecule has 0 saturated heterocycles. The Morgan fingerprint density at radius 3 is 2.76 bits per heavy atom. The lowest BCUT2D eigenvalue weighted by Gasteiger charge is -2.13. The highest BCUT2D eigenvalue weighted by Gasteiger charge is 2.12. The number of aromatic nitrogens is 1. The number of nitrogens with zero attached hydrogens (tertiary/aromatic N) is 1. The van der Waals surface area contributed by atoms with Gasteiger partial charge in [-0.2, -0.15) is 0 Å². The van der Waals surface area contributed by atoms with E-state index in [0.29, 0.717) is 5.75 Å². The number of hydrogen-bond donors (Lipinski definition) is 1. The Morgan fingerprint density at radius 2 is 1.90 bits per heavy atom. The van der Waals surface area contributed by atoms with Gasteiger partial charge in [-0.15, -0.1) is 11.8 Å². The van der Waals surface area contributed by atoms with Crippen molar-refractivity contribution in [3.05, 3.63) is 71.9 Å². The maximum absolute atomic E-state index is 10.5. The second kappa shape index (κ2) is 6.29. The van der Waals surface area contributed by atoms with E-state index in [1.54, 1.807) is 18.0 Å². The molecule has 3 rings (SSSR count). The number of aryl methyl sites for hydroxylation is 1. The van der Waals surface area contributed by atoms with Crippen LogP contribution in [0.5, 0.6) is 0 Å². The highest BCUT2D eigenvalue weighted by atomic mass is 32.2. The van der Waals surface area contributed by atoms with Gasteiger partial charge in [-0.25, -0.2) is 0 Å². The van der Waals surface area contributed by atoms with Crippen molar-refractivity contribution in [2.75, 3.05) is 5.75 Å². The molecule has 0 aliphatic carbocycles. The molecule has 1 aromatic heterocycles. The van der Waals surface area contributed by atoms with Crippen molar-refractivity contribution >= 4 is 22.7 Å². The number of aliphatic hydroxyl groups is 1. The Morgan fingerprint density at radius 1 is 1.10 bits per heavy atom. The third kappa shape index (κ3) is 3.26. The molecule has 0 amide bonds. The van der Waals surface area contributed by atoms with Gasteiger partial charge >= 0.3 is 0 Å². The Bertz CT molecular complexity index is 752. The van der Waals surface area contributed by atoms with Gasteiger partial charge in [0.2, 0.25) is 0 Å². The van der Waals surface area contributed by atoms with Crippen LogP contribution in [0.1, 0.15) is 17.2 Å². The predicted octanol–water partition coefficient (Wildman–Crippen LogP) is 4.37. The van der Waals surface area contributed by atoms with Gasteiger partial charge in [-0.3, -0.25) is 4.98 Å². The average Bonchev–Trinajstić information content (AvgIpc) is 2.52. The number of fused-ring (bicyclic) bond motifs is 1. The van der Waals surface area contributed by atoms with Crippen LogP contribution in [0.2, 0.25) is 0 Å². The smallest absolute Gasteiger partial charge is 0.0904 e. The van der Waals surface area contributed by atoms with Gasteiger partial charge in [0, 0.05) is 27.8 Å². The van der Waals surface area contributed by atoms with E-state index in [2.05, 4.69) is 30.1 Å². The van der Waals surface area contributed by atoms with E-state index in [1.807, 2.05) is 36.4 Å². The molecule has 1 heterocycles. The van der Waals surface area contributed by atoms with E-state index in [-0.39, 0.29) is 0 Å². The monoisotopic (exact) mass is 295 g/mol. The van der Waals surface area contributed by atoms with E-state index in [0.717, 1.165) is 16.5 Å². The lowest BCUT2D eigenvalue weighted by atomic mass is 10.1. The minimum Gasteiger partial charge on any atom is -0.387 e. The normalized spacial score (nSPS) is 12.5. The molecular formula is C18H17NOS. The summed E-state index contributed by atoms with van der Waals surface area (Å²) >= 11 is 1.67. The largest absolute Gasteiger partial charge is 0.387 e. The maximum atomic E-state index is 10.5. The molecule has 3 aromatic rings. The summed E-state index contributed by atoms with van der Waals surface area (Å²) in [5, 5.41) is 11.6. The summed E-state index contributed by atoms with van der Waals surface area (Å²) in [6.45, 7) is 2.08. The molecule has 0 spiro atoms. The fourth-order valence-electron chi connectivity index (χ4n) is 2.37. The molecule has 3 heteroatoms. The Labute approximate surface area is 128 Å². The van der Waals surface area contributed by atoms with Crippen LogP contribution in [0, 0.1) is 6.92 Å². The minimum absolute atomic E-state index is 0.519. The molecule has 0 aliphatic heterocycles. The van der Waals surface area contributed by atoms with Crippen molar-refractivity contribution in [1.29, 1.82) is 0 Å². The van der Waals surface area contributed by atoms with Crippen molar-refractivity contribution in [3.63, 3.8) is 0 Å². The molecule has 1 atom stereocenters. The van der Waals surface area contributed by atoms with Gasteiger partial charge < -0.3 is 5.11 Å². The molecule has 106 valence electrons. The molecule has 2 nitrogen and oxygen atoms in total. The summed E-state index contributed by atoms with van der Waals surface area (Å²) in [4.78, 5) is 5.58. The van der Waals surface area contributed by atoms with Crippen LogP contribution in [-0.4, -0.2) is 15.8 Å². The predicted molar refractivity (Wildman–Crippen MR) is 88.6 cm³/mol. The summed E-state index contributed by atoms with van der Waals surface area (Å²) in [5.41, 5.74) is 3.02. The second-order valence-corrected chi connectivity index (χ2v) is 6.16. The Hall–Kier alpha value is -1.84. The molecule has 0 aliphatic rings. The standard InChI is InChI=1S/C18H17NOS/c1-13-5-2-8-15(11-13)21-12-17(20)16-9-3-6-14-7-4-10-19-18(14)16/h2-11,17,20H,12H2,1H3. The molecular weight excluding hydrogens is 278 g/mol. The van der Waals surface area contributed by atoms with Gasteiger partial charge in [0.1, 0.15) is 0 Å². The summed E-state index contributed by atoms with van der Waals surface area (Å²) < 4.78 is 0. The number of para-hydroxylation sites is 1. The van der Waals surface area contributed by atoms with Crippen LogP contribution in [-0.2, 0) is 0 Å². The summed E-state index contributed by atoms with van der Waals surface area (Å²) in [7, 11) is 0. The lowest BCUT2D eigenvalue weighted by molar-refractivity contribution is 0.205. The van der Waals surface area contributed by atoms with E-state index in [4.69, 9.17) is 0 Å². The highest BCUT2D eigenvalue weighted by Crippen LogP contribution is 2.28. The summed E-state index contributed by atoms with van der Waals surface area (Å²) in [6, 6.07) is 18.2. The van der Waals surface area contributed by atoms with E-state index < -0.39 is 6.10 Å². The van der Waals surface area contributed by atoms with E-state index in [9.17, 15) is 5.11 Å². The van der Waals surface area contributed by atoms with Crippen molar-refractivity contribution in [2.24, 2.45) is 0 Å². The van der Waals surface area contributed by atoms with Gasteiger partial charge in [0.25, 0.3) is 0 Å². The van der Waals surface area contributed by atoms with Gasteiger partial charge in [0.05, 0.1) is 11.6 Å². The zero-order chi connectivity index (χ0) is 14.7. The molecule has 1 unspecified atom stereocenters. The SMILES string of the molecule is Cc1cccc(SCC(O)c2cccc3cccnc23)c1. The van der Waals surface area contributed by atoms with Crippen LogP contribution < -0.4 is 0 Å². The first-order chi connectivity index (χ1) is 10.2. The average molecular weight is 295 g/mol. The minimum atomic E-state index is -0.519. The van der Waals surface area contributed by atoms with Gasteiger partial charge in [0.15, 0.2) is 0 Å². The number of aliphatic hydroxyl groups excluding tert-OH is 1. The fraction of sp³-hybridized carbons (Fsp3) is 0.167. The van der Waals surface area contributed by atoms with Crippen LogP contribution >= 0.6 is 11.8 Å². The Kier molecular flexibility index (Phi) is 4.23. The third-order valence-corrected chi connectivity index (χ3v) is 4.49. The van der Waals surface area contributed by atoms with Crippen molar-refractivity contribution < 1.29 is 5.11 Å². The lowest BCUT2D eigenvalue weighted by Crippen LogP contribution is -2.02. The number of hydrogen-bond acceptors (Lipinski definition) is 3. The number of thioether (sulfide) groups is 1. The zero-order valence-corrected chi connectivity index (χ0v) is 12.7. The molecule has 1 N–H and O–H groups in total. The van der Waals surface area contributed by atoms with Crippen molar-refractivity contribution in [2.45, 2.75) is 17.9 Å². The topological polar surface area (TPSA) is 33.1 Å². The second-order valence-electron chi connectivity index (χ2n) is 5.07. The molecule has 2 aromatic carbocycles. The number of rotatable bonds is 4. The maximum Gasteiger partial charge on any atom is 0.0904 e. The third-order valence-electron chi connectivity index (χ3n) is 3.42. The van der Waals surface area contributed by atoms with Crippen LogP contribution in [0.3, 0.4) is 0 Å². The quantitative estimate of drug-likeness (QED) is 0.726. The molecule has 0 radical (unpaired) electrons. The highest BCUT2D eigenvalue weighted by molar-refractivity contribution is 7.99. The van der Waals surface area contributed by atoms with E-state index >= 15 is 0 Å². The van der Waals surface area contributed by atoms with Crippen molar-refractivity contribution in [3.8, 4) is 0 Å². The Balaban J connectivity index is 1.79. The van der Waals surface area contributed by atoms with Gasteiger partial charge in [-0.1, -0.05) is 42.0 Å². The summed E-state index contributed by atoms with van der Waals surface area (Å²) in [5.74, 6) is 0.624. The van der Waals surface area contributed by atoms with Crippen LogP contribution in [0.4, 0.5) is 0 Å². The first-order valence-electron chi connectivity index (χ1n) is 6.95. The zero-order valence-electron chi connectivity index (χ0n) is 11.9. The fourth-order valence-corrected chi connectivity index (χ4v) is 3.34. The number of pyridine rings is 1.